The van der Waals surface area contributed by atoms with E-state index in [0.717, 1.165) is 0 Å². The van der Waals surface area contributed by atoms with E-state index in [0.29, 0.717) is 28.9 Å². The molecule has 0 bridgehead atoms. The summed E-state index contributed by atoms with van der Waals surface area (Å²) < 4.78 is 5.73. The largest absolute Gasteiger partial charge is 0.507 e. The van der Waals surface area contributed by atoms with Crippen molar-refractivity contribution in [2.75, 3.05) is 0 Å². The van der Waals surface area contributed by atoms with Crippen molar-refractivity contribution in [3.05, 3.63) is 35.1 Å². The number of fused-ring (bicyclic) bond motifs is 1. The molecule has 2 fully saturated rings. The van der Waals surface area contributed by atoms with Gasteiger partial charge in [0.2, 0.25) is 5.78 Å². The van der Waals surface area contributed by atoms with Crippen LogP contribution in [-0.4, -0.2) is 10.9 Å². The van der Waals surface area contributed by atoms with Gasteiger partial charge in [-0.05, 0) is 55.2 Å². The van der Waals surface area contributed by atoms with Gasteiger partial charge in [0.05, 0.1) is 0 Å². The van der Waals surface area contributed by atoms with E-state index in [2.05, 4.69) is 0 Å². The molecular formula is C15H14O3. The van der Waals surface area contributed by atoms with Crippen molar-refractivity contribution in [3.8, 4) is 11.5 Å². The number of ketones is 1. The van der Waals surface area contributed by atoms with E-state index in [1.807, 2.05) is 0 Å². The Balaban J connectivity index is 1.84. The molecule has 18 heavy (non-hydrogen) atoms. The van der Waals surface area contributed by atoms with Crippen LogP contribution in [0.15, 0.2) is 29.5 Å². The van der Waals surface area contributed by atoms with Gasteiger partial charge in [-0.2, -0.15) is 0 Å². The zero-order valence-corrected chi connectivity index (χ0v) is 9.98. The van der Waals surface area contributed by atoms with E-state index < -0.39 is 0 Å². The molecule has 3 aliphatic rings. The monoisotopic (exact) mass is 242 g/mol. The van der Waals surface area contributed by atoms with Crippen molar-refractivity contribution >= 4 is 5.78 Å². The average molecular weight is 242 g/mol. The van der Waals surface area contributed by atoms with E-state index in [1.54, 1.807) is 12.1 Å². The summed E-state index contributed by atoms with van der Waals surface area (Å²) in [7, 11) is 0. The summed E-state index contributed by atoms with van der Waals surface area (Å²) in [6.45, 7) is 0. The number of rotatable bonds is 2. The molecule has 1 aliphatic heterocycles. The highest BCUT2D eigenvalue weighted by atomic mass is 16.5. The first-order valence-corrected chi connectivity index (χ1v) is 6.54. The lowest BCUT2D eigenvalue weighted by atomic mass is 10.0. The number of phenols is 1. The number of hydrogen-bond acceptors (Lipinski definition) is 3. The molecule has 0 atom stereocenters. The van der Waals surface area contributed by atoms with Gasteiger partial charge in [0, 0.05) is 0 Å². The van der Waals surface area contributed by atoms with Crippen LogP contribution in [0.4, 0.5) is 0 Å². The van der Waals surface area contributed by atoms with Crippen molar-refractivity contribution in [2.45, 2.75) is 25.7 Å². The van der Waals surface area contributed by atoms with Crippen molar-refractivity contribution < 1.29 is 14.6 Å². The van der Waals surface area contributed by atoms with Crippen LogP contribution in [0.25, 0.3) is 0 Å². The van der Waals surface area contributed by atoms with Gasteiger partial charge in [-0.25, -0.2) is 0 Å². The van der Waals surface area contributed by atoms with Crippen molar-refractivity contribution in [2.24, 2.45) is 11.8 Å². The maximum atomic E-state index is 12.4. The zero-order chi connectivity index (χ0) is 12.3. The zero-order valence-electron chi connectivity index (χ0n) is 9.98. The second-order valence-electron chi connectivity index (χ2n) is 5.41. The number of allylic oxidation sites excluding steroid dienone is 2. The molecule has 0 aromatic heterocycles. The molecule has 0 amide bonds. The Morgan fingerprint density at radius 3 is 2.39 bits per heavy atom. The van der Waals surface area contributed by atoms with Crippen molar-refractivity contribution in [1.82, 2.24) is 0 Å². The van der Waals surface area contributed by atoms with E-state index in [-0.39, 0.29) is 11.5 Å². The molecule has 3 heteroatoms. The maximum Gasteiger partial charge on any atom is 0.235 e. The molecule has 2 saturated carbocycles. The fraction of sp³-hybridized carbons (Fsp3) is 0.400. The molecule has 1 aromatic carbocycles. The molecule has 0 spiro atoms. The molecule has 4 rings (SSSR count). The highest BCUT2D eigenvalue weighted by molar-refractivity contribution is 6.14. The van der Waals surface area contributed by atoms with Gasteiger partial charge < -0.3 is 9.84 Å². The summed E-state index contributed by atoms with van der Waals surface area (Å²) in [5.41, 5.74) is 1.56. The first-order valence-electron chi connectivity index (χ1n) is 6.54. The number of hydrogen-bond donors (Lipinski definition) is 1. The van der Waals surface area contributed by atoms with Crippen molar-refractivity contribution in [1.29, 1.82) is 0 Å². The predicted molar refractivity (Wildman–Crippen MR) is 65.5 cm³/mol. The molecule has 2 aliphatic carbocycles. The highest BCUT2D eigenvalue weighted by Gasteiger charge is 2.43. The maximum absolute atomic E-state index is 12.4. The van der Waals surface area contributed by atoms with E-state index in [9.17, 15) is 9.90 Å². The number of carbonyl (C=O) groups is 1. The van der Waals surface area contributed by atoms with Gasteiger partial charge in [-0.1, -0.05) is 6.07 Å². The molecule has 1 aromatic rings. The Bertz CT molecular complexity index is 563. The lowest BCUT2D eigenvalue weighted by Gasteiger charge is -2.07. The minimum atomic E-state index is -0.128. The SMILES string of the molecule is O=C1C(=C(C2CC2)C2CC2)Oc2cccc(O)c21. The first-order chi connectivity index (χ1) is 8.75. The molecule has 92 valence electrons. The summed E-state index contributed by atoms with van der Waals surface area (Å²) in [6.07, 6.45) is 4.70. The van der Waals surface area contributed by atoms with Crippen LogP contribution < -0.4 is 4.74 Å². The third kappa shape index (κ3) is 1.40. The van der Waals surface area contributed by atoms with Crippen LogP contribution in [0.3, 0.4) is 0 Å². The molecule has 3 nitrogen and oxygen atoms in total. The number of aromatic hydroxyl groups is 1. The van der Waals surface area contributed by atoms with Crippen molar-refractivity contribution in [3.63, 3.8) is 0 Å². The number of carbonyl (C=O) groups excluding carboxylic acids is 1. The normalized spacial score (nSPS) is 21.8. The topological polar surface area (TPSA) is 46.5 Å². The summed E-state index contributed by atoms with van der Waals surface area (Å²) in [5, 5.41) is 9.79. The highest BCUT2D eigenvalue weighted by Crippen LogP contribution is 2.52. The summed E-state index contributed by atoms with van der Waals surface area (Å²) in [4.78, 5) is 12.4. The fourth-order valence-corrected chi connectivity index (χ4v) is 2.79. The minimum Gasteiger partial charge on any atom is -0.507 e. The molecular weight excluding hydrogens is 228 g/mol. The minimum absolute atomic E-state index is 0.0263. The van der Waals surface area contributed by atoms with Crippen LogP contribution in [0.5, 0.6) is 11.5 Å². The second kappa shape index (κ2) is 3.37. The Morgan fingerprint density at radius 1 is 1.17 bits per heavy atom. The van der Waals surface area contributed by atoms with E-state index in [1.165, 1.54) is 37.3 Å². The lowest BCUT2D eigenvalue weighted by molar-refractivity contribution is 0.101. The Morgan fingerprint density at radius 2 is 1.83 bits per heavy atom. The number of Topliss-reactive ketones (excluding diaryl/α,β-unsaturated/α-hetero) is 1. The molecule has 0 radical (unpaired) electrons. The Kier molecular flexibility index (Phi) is 1.91. The van der Waals surface area contributed by atoms with E-state index >= 15 is 0 Å². The van der Waals surface area contributed by atoms with Crippen LogP contribution in [0, 0.1) is 11.8 Å². The predicted octanol–water partition coefficient (Wildman–Crippen LogP) is 3.04. The third-order valence-corrected chi connectivity index (χ3v) is 3.95. The molecule has 0 saturated heterocycles. The van der Waals surface area contributed by atoms with E-state index in [4.69, 9.17) is 4.74 Å². The quantitative estimate of drug-likeness (QED) is 0.811. The van der Waals surface area contributed by atoms with Crippen LogP contribution in [0.1, 0.15) is 36.0 Å². The lowest BCUT2D eigenvalue weighted by Crippen LogP contribution is -2.06. The van der Waals surface area contributed by atoms with Gasteiger partial charge in [0.1, 0.15) is 17.1 Å². The Hall–Kier alpha value is -1.77. The van der Waals surface area contributed by atoms with Gasteiger partial charge >= 0.3 is 0 Å². The summed E-state index contributed by atoms with van der Waals surface area (Å²) in [6, 6.07) is 4.99. The van der Waals surface area contributed by atoms with Crippen LogP contribution in [0.2, 0.25) is 0 Å². The molecule has 1 heterocycles. The third-order valence-electron chi connectivity index (χ3n) is 3.95. The number of phenolic OH excluding ortho intramolecular Hbond substituents is 1. The van der Waals surface area contributed by atoms with Gasteiger partial charge in [0.25, 0.3) is 0 Å². The smallest absolute Gasteiger partial charge is 0.235 e. The Labute approximate surface area is 105 Å². The fourth-order valence-electron chi connectivity index (χ4n) is 2.79. The van der Waals surface area contributed by atoms with Gasteiger partial charge in [-0.3, -0.25) is 4.79 Å². The summed E-state index contributed by atoms with van der Waals surface area (Å²) >= 11 is 0. The number of benzene rings is 1. The summed E-state index contributed by atoms with van der Waals surface area (Å²) in [5.74, 6) is 2.02. The van der Waals surface area contributed by atoms with Gasteiger partial charge in [0.15, 0.2) is 5.76 Å². The molecule has 1 N–H and O–H groups in total. The van der Waals surface area contributed by atoms with Crippen LogP contribution >= 0.6 is 0 Å². The number of ether oxygens (including phenoxy) is 1. The second-order valence-corrected chi connectivity index (χ2v) is 5.41. The standard InChI is InChI=1S/C15H14O3/c16-10-2-1-3-11-13(10)14(17)15(18-11)12(8-4-5-8)9-6-7-9/h1-3,8-9,16H,4-7H2. The first kappa shape index (κ1) is 10.2. The average Bonchev–Trinajstić information content (AvgIpc) is 3.22. The molecule has 0 unspecified atom stereocenters. The van der Waals surface area contributed by atoms with Crippen LogP contribution in [-0.2, 0) is 0 Å². The van der Waals surface area contributed by atoms with Gasteiger partial charge in [-0.15, -0.1) is 0 Å².